The number of rotatable bonds is 4. The normalized spacial score (nSPS) is 14.6. The third kappa shape index (κ3) is 2.89. The minimum Gasteiger partial charge on any atom is -0.383 e. The van der Waals surface area contributed by atoms with E-state index in [1.807, 2.05) is 13.0 Å². The maximum Gasteiger partial charge on any atom is 0.135 e. The van der Waals surface area contributed by atoms with E-state index in [1.54, 1.807) is 11.8 Å². The average Bonchev–Trinajstić information content (AvgIpc) is 3.26. The molecule has 4 heteroatoms. The number of nitrogens with zero attached hydrogens (tertiary/aromatic N) is 2. The van der Waals surface area contributed by atoms with Crippen LogP contribution >= 0.6 is 11.8 Å². The van der Waals surface area contributed by atoms with Gasteiger partial charge in [0.1, 0.15) is 16.7 Å². The molecule has 3 nitrogen and oxygen atoms in total. The first-order valence-corrected chi connectivity index (χ1v) is 7.53. The topological polar surface area (TPSA) is 51.8 Å². The van der Waals surface area contributed by atoms with Gasteiger partial charge in [-0.15, -0.1) is 11.8 Å². The Morgan fingerprint density at radius 1 is 1.21 bits per heavy atom. The van der Waals surface area contributed by atoms with E-state index in [0.717, 1.165) is 22.2 Å². The van der Waals surface area contributed by atoms with E-state index in [0.29, 0.717) is 11.7 Å². The van der Waals surface area contributed by atoms with E-state index in [4.69, 9.17) is 5.73 Å². The molecule has 0 atom stereocenters. The number of nitrogens with two attached hydrogens (primary N) is 1. The molecule has 98 valence electrons. The number of aromatic nitrogens is 2. The Kier molecular flexibility index (Phi) is 3.42. The van der Waals surface area contributed by atoms with E-state index >= 15 is 0 Å². The van der Waals surface area contributed by atoms with Crippen molar-refractivity contribution in [1.29, 1.82) is 0 Å². The van der Waals surface area contributed by atoms with Gasteiger partial charge in [0.2, 0.25) is 0 Å². The Morgan fingerprint density at radius 3 is 2.63 bits per heavy atom. The van der Waals surface area contributed by atoms with Gasteiger partial charge >= 0.3 is 0 Å². The summed E-state index contributed by atoms with van der Waals surface area (Å²) in [4.78, 5) is 9.09. The number of hydrogen-bond acceptors (Lipinski definition) is 4. The van der Waals surface area contributed by atoms with Gasteiger partial charge in [-0.05, 0) is 25.3 Å². The maximum atomic E-state index is 5.99. The molecule has 19 heavy (non-hydrogen) atoms. The predicted molar refractivity (Wildman–Crippen MR) is 79.2 cm³/mol. The van der Waals surface area contributed by atoms with Crippen LogP contribution in [0.15, 0.2) is 35.4 Å². The Bertz CT molecular complexity index is 579. The van der Waals surface area contributed by atoms with Crippen LogP contribution in [0, 0.1) is 6.92 Å². The second-order valence-electron chi connectivity index (χ2n) is 4.95. The third-order valence-electron chi connectivity index (χ3n) is 3.32. The highest BCUT2D eigenvalue weighted by atomic mass is 32.2. The van der Waals surface area contributed by atoms with Gasteiger partial charge in [0.15, 0.2) is 0 Å². The second-order valence-corrected chi connectivity index (χ2v) is 5.91. The zero-order valence-electron chi connectivity index (χ0n) is 11.0. The summed E-state index contributed by atoms with van der Waals surface area (Å²) in [6.07, 6.45) is 2.40. The van der Waals surface area contributed by atoms with Gasteiger partial charge < -0.3 is 5.73 Å². The molecule has 1 aliphatic carbocycles. The second kappa shape index (κ2) is 5.21. The number of hydrogen-bond donors (Lipinski definition) is 1. The van der Waals surface area contributed by atoms with Gasteiger partial charge in [-0.3, -0.25) is 0 Å². The van der Waals surface area contributed by atoms with Crippen LogP contribution in [0.5, 0.6) is 0 Å². The summed E-state index contributed by atoms with van der Waals surface area (Å²) >= 11 is 1.74. The maximum absolute atomic E-state index is 5.99. The van der Waals surface area contributed by atoms with Crippen LogP contribution < -0.4 is 5.73 Å². The lowest BCUT2D eigenvalue weighted by Gasteiger charge is -2.09. The average molecular weight is 271 g/mol. The van der Waals surface area contributed by atoms with E-state index < -0.39 is 0 Å². The molecule has 0 radical (unpaired) electrons. The molecule has 1 fully saturated rings. The predicted octanol–water partition coefficient (Wildman–Crippen LogP) is 3.54. The lowest BCUT2D eigenvalue weighted by molar-refractivity contribution is 0.868. The molecular weight excluding hydrogens is 254 g/mol. The highest BCUT2D eigenvalue weighted by Crippen LogP contribution is 2.39. The van der Waals surface area contributed by atoms with Crippen molar-refractivity contribution in [3.8, 4) is 0 Å². The van der Waals surface area contributed by atoms with Gasteiger partial charge in [0, 0.05) is 17.2 Å². The summed E-state index contributed by atoms with van der Waals surface area (Å²) in [5.74, 6) is 3.02. The standard InChI is InChI=1S/C15H17N3S/c1-10-13(16)17-14(12-7-8-12)18-15(10)19-9-11-5-3-2-4-6-11/h2-6,12H,7-9H2,1H3,(H2,16,17,18). The van der Waals surface area contributed by atoms with E-state index in [9.17, 15) is 0 Å². The van der Waals surface area contributed by atoms with Crippen LogP contribution in [0.25, 0.3) is 0 Å². The number of benzene rings is 1. The zero-order chi connectivity index (χ0) is 13.2. The van der Waals surface area contributed by atoms with Gasteiger partial charge in [-0.2, -0.15) is 0 Å². The first-order chi connectivity index (χ1) is 9.24. The lowest BCUT2D eigenvalue weighted by Crippen LogP contribution is -2.03. The first-order valence-electron chi connectivity index (χ1n) is 6.55. The van der Waals surface area contributed by atoms with Gasteiger partial charge in [-0.25, -0.2) is 9.97 Å². The Balaban J connectivity index is 1.79. The molecule has 1 aromatic carbocycles. The fourth-order valence-electron chi connectivity index (χ4n) is 1.92. The van der Waals surface area contributed by atoms with Gasteiger partial charge in [-0.1, -0.05) is 30.3 Å². The van der Waals surface area contributed by atoms with Gasteiger partial charge in [0.05, 0.1) is 0 Å². The molecule has 1 aromatic heterocycles. The highest BCUT2D eigenvalue weighted by molar-refractivity contribution is 7.98. The molecule has 1 aliphatic rings. The molecule has 0 bridgehead atoms. The van der Waals surface area contributed by atoms with Crippen molar-refractivity contribution < 1.29 is 0 Å². The number of nitrogen functional groups attached to an aromatic ring is 1. The van der Waals surface area contributed by atoms with Crippen LogP contribution in [0.2, 0.25) is 0 Å². The first kappa shape index (κ1) is 12.5. The van der Waals surface area contributed by atoms with Crippen LogP contribution in [0.3, 0.4) is 0 Å². The summed E-state index contributed by atoms with van der Waals surface area (Å²) in [6, 6.07) is 10.4. The monoisotopic (exact) mass is 271 g/mol. The minimum atomic E-state index is 0.541. The number of anilines is 1. The molecule has 3 rings (SSSR count). The fourth-order valence-corrected chi connectivity index (χ4v) is 2.90. The molecule has 1 heterocycles. The SMILES string of the molecule is Cc1c(N)nc(C2CC2)nc1SCc1ccccc1. The summed E-state index contributed by atoms with van der Waals surface area (Å²) in [5, 5.41) is 1.03. The quantitative estimate of drug-likeness (QED) is 0.682. The van der Waals surface area contributed by atoms with Gasteiger partial charge in [0.25, 0.3) is 0 Å². The van der Waals surface area contributed by atoms with E-state index in [1.165, 1.54) is 18.4 Å². The molecule has 0 aliphatic heterocycles. The molecule has 0 amide bonds. The van der Waals surface area contributed by atoms with Crippen molar-refractivity contribution in [3.63, 3.8) is 0 Å². The summed E-state index contributed by atoms with van der Waals surface area (Å²) in [6.45, 7) is 2.00. The van der Waals surface area contributed by atoms with Crippen LogP contribution in [0.4, 0.5) is 5.82 Å². The van der Waals surface area contributed by atoms with Crippen molar-refractivity contribution in [2.45, 2.75) is 36.5 Å². The van der Waals surface area contributed by atoms with E-state index in [-0.39, 0.29) is 0 Å². The van der Waals surface area contributed by atoms with Crippen LogP contribution in [0.1, 0.15) is 35.7 Å². The zero-order valence-corrected chi connectivity index (χ0v) is 11.8. The van der Waals surface area contributed by atoms with Crippen molar-refractivity contribution in [1.82, 2.24) is 9.97 Å². The summed E-state index contributed by atoms with van der Waals surface area (Å²) < 4.78 is 0. The molecule has 2 N–H and O–H groups in total. The highest BCUT2D eigenvalue weighted by Gasteiger charge is 2.27. The van der Waals surface area contributed by atoms with E-state index in [2.05, 4.69) is 34.2 Å². The molecular formula is C15H17N3S. The van der Waals surface area contributed by atoms with Crippen molar-refractivity contribution in [2.75, 3.05) is 5.73 Å². The third-order valence-corrected chi connectivity index (χ3v) is 4.47. The van der Waals surface area contributed by atoms with Crippen LogP contribution in [-0.2, 0) is 5.75 Å². The molecule has 0 unspecified atom stereocenters. The number of thioether (sulfide) groups is 1. The smallest absolute Gasteiger partial charge is 0.135 e. The van der Waals surface area contributed by atoms with Crippen molar-refractivity contribution >= 4 is 17.6 Å². The Morgan fingerprint density at radius 2 is 1.95 bits per heavy atom. The van der Waals surface area contributed by atoms with Crippen molar-refractivity contribution in [3.05, 3.63) is 47.3 Å². The molecule has 2 aromatic rings. The van der Waals surface area contributed by atoms with Crippen LogP contribution in [-0.4, -0.2) is 9.97 Å². The molecule has 0 saturated heterocycles. The summed E-state index contributed by atoms with van der Waals surface area (Å²) in [7, 11) is 0. The molecule has 1 saturated carbocycles. The Hall–Kier alpha value is -1.55. The Labute approximate surface area is 117 Å². The minimum absolute atomic E-state index is 0.541. The lowest BCUT2D eigenvalue weighted by atomic mass is 10.2. The van der Waals surface area contributed by atoms with Crippen molar-refractivity contribution in [2.24, 2.45) is 0 Å². The summed E-state index contributed by atoms with van der Waals surface area (Å²) in [5.41, 5.74) is 8.30. The largest absolute Gasteiger partial charge is 0.383 e. The molecule has 0 spiro atoms. The fraction of sp³-hybridized carbons (Fsp3) is 0.333.